The summed E-state index contributed by atoms with van der Waals surface area (Å²) < 4.78 is 0. The third-order valence-corrected chi connectivity index (χ3v) is 5.91. The summed E-state index contributed by atoms with van der Waals surface area (Å²) in [6.45, 7) is 5.92. The molecule has 0 spiro atoms. The van der Waals surface area contributed by atoms with E-state index in [4.69, 9.17) is 5.11 Å². The fraction of sp³-hybridized carbons (Fsp3) is 0.714. The van der Waals surface area contributed by atoms with Crippen LogP contribution in [-0.4, -0.2) is 28.1 Å². The van der Waals surface area contributed by atoms with Gasteiger partial charge in [0.2, 0.25) is 0 Å². The molecule has 5 atom stereocenters. The van der Waals surface area contributed by atoms with Gasteiger partial charge in [0.15, 0.2) is 0 Å². The van der Waals surface area contributed by atoms with Gasteiger partial charge in [0.25, 0.3) is 0 Å². The highest BCUT2D eigenvalue weighted by atomic mass is 16.4. The number of aliphatic hydroxyl groups excluding tert-OH is 1. The quantitative estimate of drug-likeness (QED) is 0.435. The number of carboxylic acid groups (broad SMARTS) is 1. The summed E-state index contributed by atoms with van der Waals surface area (Å²) in [6, 6.07) is 0. The van der Waals surface area contributed by atoms with E-state index in [1.165, 1.54) is 0 Å². The van der Waals surface area contributed by atoms with Crippen molar-refractivity contribution in [3.8, 4) is 0 Å². The molecule has 2 aliphatic rings. The lowest BCUT2D eigenvalue weighted by atomic mass is 9.83. The zero-order valence-electron chi connectivity index (χ0n) is 15.3. The molecule has 0 aliphatic heterocycles. The van der Waals surface area contributed by atoms with E-state index in [1.54, 1.807) is 0 Å². The molecule has 0 aromatic rings. The van der Waals surface area contributed by atoms with Crippen LogP contribution < -0.4 is 0 Å². The first-order valence-electron chi connectivity index (χ1n) is 9.65. The number of allylic oxidation sites excluding steroid dienone is 3. The minimum Gasteiger partial charge on any atom is -0.481 e. The normalized spacial score (nSPS) is 29.1. The number of carbonyl (C=O) groups is 2. The van der Waals surface area contributed by atoms with Crippen molar-refractivity contribution in [1.82, 2.24) is 0 Å². The van der Waals surface area contributed by atoms with Crippen LogP contribution in [0.4, 0.5) is 0 Å². The molecule has 140 valence electrons. The largest absolute Gasteiger partial charge is 0.481 e. The van der Waals surface area contributed by atoms with Gasteiger partial charge in [-0.1, -0.05) is 31.1 Å². The lowest BCUT2D eigenvalue weighted by Gasteiger charge is -2.21. The van der Waals surface area contributed by atoms with Crippen molar-refractivity contribution in [1.29, 1.82) is 0 Å². The summed E-state index contributed by atoms with van der Waals surface area (Å²) in [5, 5.41) is 19.2. The topological polar surface area (TPSA) is 74.6 Å². The van der Waals surface area contributed by atoms with Crippen LogP contribution in [0.5, 0.6) is 0 Å². The molecule has 1 fully saturated rings. The molecule has 0 aromatic carbocycles. The van der Waals surface area contributed by atoms with Gasteiger partial charge in [-0.3, -0.25) is 9.59 Å². The van der Waals surface area contributed by atoms with Gasteiger partial charge >= 0.3 is 5.97 Å². The maximum absolute atomic E-state index is 12.7. The number of fused-ring (bicyclic) bond motifs is 1. The summed E-state index contributed by atoms with van der Waals surface area (Å²) in [4.78, 5) is 23.5. The lowest BCUT2D eigenvalue weighted by molar-refractivity contribution is -0.137. The Balaban J connectivity index is 1.82. The van der Waals surface area contributed by atoms with Crippen molar-refractivity contribution < 1.29 is 19.8 Å². The second-order valence-corrected chi connectivity index (χ2v) is 7.91. The van der Waals surface area contributed by atoms with Gasteiger partial charge in [-0.05, 0) is 56.3 Å². The maximum atomic E-state index is 12.7. The molecule has 0 amide bonds. The highest BCUT2D eigenvalue weighted by molar-refractivity contribution is 5.82. The molecule has 0 radical (unpaired) electrons. The Labute approximate surface area is 151 Å². The number of ketones is 1. The Kier molecular flexibility index (Phi) is 7.42. The highest BCUT2D eigenvalue weighted by Crippen LogP contribution is 2.48. The van der Waals surface area contributed by atoms with E-state index in [0.717, 1.165) is 37.7 Å². The average molecular weight is 348 g/mol. The van der Waals surface area contributed by atoms with Crippen LogP contribution in [0.15, 0.2) is 24.3 Å². The fourth-order valence-corrected chi connectivity index (χ4v) is 4.51. The number of Topliss-reactive ketones (excluding diaryl/α,β-unsaturated/α-hetero) is 1. The van der Waals surface area contributed by atoms with Crippen LogP contribution in [0.2, 0.25) is 0 Å². The first-order chi connectivity index (χ1) is 11.9. The van der Waals surface area contributed by atoms with Crippen LogP contribution in [0.25, 0.3) is 0 Å². The summed E-state index contributed by atoms with van der Waals surface area (Å²) in [5.41, 5.74) is 1.15. The number of unbranched alkanes of at least 4 members (excludes halogenated alkanes) is 1. The molecule has 1 saturated carbocycles. The minimum atomic E-state index is -0.781. The summed E-state index contributed by atoms with van der Waals surface area (Å²) in [7, 11) is 0. The number of hydrogen-bond acceptors (Lipinski definition) is 3. The van der Waals surface area contributed by atoms with E-state index in [2.05, 4.69) is 19.6 Å². The second-order valence-electron chi connectivity index (χ2n) is 7.91. The number of aliphatic hydroxyl groups is 1. The third kappa shape index (κ3) is 5.53. The average Bonchev–Trinajstić information content (AvgIpc) is 3.06. The van der Waals surface area contributed by atoms with Crippen LogP contribution in [-0.2, 0) is 9.59 Å². The molecule has 2 rings (SSSR count). The Hall–Kier alpha value is -1.42. The van der Waals surface area contributed by atoms with Crippen LogP contribution >= 0.6 is 0 Å². The van der Waals surface area contributed by atoms with E-state index in [9.17, 15) is 14.7 Å². The van der Waals surface area contributed by atoms with Gasteiger partial charge in [0, 0.05) is 18.8 Å². The Morgan fingerprint density at radius 1 is 1.36 bits per heavy atom. The Morgan fingerprint density at radius 2 is 2.12 bits per heavy atom. The first-order valence-corrected chi connectivity index (χ1v) is 9.65. The molecule has 0 bridgehead atoms. The van der Waals surface area contributed by atoms with E-state index >= 15 is 0 Å². The molecule has 0 heterocycles. The van der Waals surface area contributed by atoms with Gasteiger partial charge in [0.1, 0.15) is 5.78 Å². The van der Waals surface area contributed by atoms with Crippen molar-refractivity contribution >= 4 is 11.8 Å². The highest BCUT2D eigenvalue weighted by Gasteiger charge is 2.47. The molecular formula is C21H32O4. The zero-order chi connectivity index (χ0) is 18.4. The molecule has 1 unspecified atom stereocenters. The molecule has 0 saturated heterocycles. The van der Waals surface area contributed by atoms with Crippen molar-refractivity contribution in [3.05, 3.63) is 24.3 Å². The number of hydrogen-bond donors (Lipinski definition) is 2. The van der Waals surface area contributed by atoms with Crippen LogP contribution in [0.1, 0.15) is 64.7 Å². The van der Waals surface area contributed by atoms with Gasteiger partial charge in [-0.25, -0.2) is 0 Å². The number of carboxylic acids is 1. The van der Waals surface area contributed by atoms with Crippen LogP contribution in [0, 0.1) is 23.7 Å². The Morgan fingerprint density at radius 3 is 2.80 bits per heavy atom. The van der Waals surface area contributed by atoms with E-state index in [1.807, 2.05) is 6.08 Å². The third-order valence-electron chi connectivity index (χ3n) is 5.91. The molecule has 4 nitrogen and oxygen atoms in total. The molecule has 25 heavy (non-hydrogen) atoms. The van der Waals surface area contributed by atoms with Crippen molar-refractivity contribution in [2.45, 2.75) is 70.8 Å². The second kappa shape index (κ2) is 9.33. The molecular weight excluding hydrogens is 316 g/mol. The molecule has 0 aromatic heterocycles. The first kappa shape index (κ1) is 19.9. The lowest BCUT2D eigenvalue weighted by Crippen LogP contribution is -2.28. The summed E-state index contributed by atoms with van der Waals surface area (Å²) in [5.74, 6) is 0.106. The summed E-state index contributed by atoms with van der Waals surface area (Å²) in [6.07, 6.45) is 10.3. The fourth-order valence-electron chi connectivity index (χ4n) is 4.51. The molecule has 4 heteroatoms. The van der Waals surface area contributed by atoms with E-state index < -0.39 is 12.1 Å². The van der Waals surface area contributed by atoms with Gasteiger partial charge in [-0.15, -0.1) is 6.58 Å². The predicted octanol–water partition coefficient (Wildman–Crippen LogP) is 4.14. The summed E-state index contributed by atoms with van der Waals surface area (Å²) >= 11 is 0. The number of carbonyl (C=O) groups excluding carboxylic acids is 1. The van der Waals surface area contributed by atoms with Gasteiger partial charge in [-0.2, -0.15) is 0 Å². The smallest absolute Gasteiger partial charge is 0.303 e. The predicted molar refractivity (Wildman–Crippen MR) is 98.1 cm³/mol. The van der Waals surface area contributed by atoms with Crippen molar-refractivity contribution in [3.63, 3.8) is 0 Å². The molecule has 2 N–H and O–H groups in total. The van der Waals surface area contributed by atoms with Crippen molar-refractivity contribution in [2.24, 2.45) is 23.7 Å². The SMILES string of the molecule is C=CCCCC(C)CCC(=O)[C@H]1[C@@H]2CC(CCC(=O)O)=C[C@@H]2C[C@@H]1O. The van der Waals surface area contributed by atoms with Crippen LogP contribution in [0.3, 0.4) is 0 Å². The number of aliphatic carboxylic acids is 1. The van der Waals surface area contributed by atoms with Gasteiger partial charge < -0.3 is 10.2 Å². The standard InChI is InChI=1S/C21H32O4/c1-3-4-5-6-14(2)7-9-18(22)21-17-12-15(8-10-20(24)25)11-16(17)13-19(21)23/h3,11,14,16-17,19,21,23H,1,4-10,12-13H2,2H3,(H,24,25)/t14?,16-,17-,19+,21-/m1/s1. The number of rotatable bonds is 11. The minimum absolute atomic E-state index is 0.147. The maximum Gasteiger partial charge on any atom is 0.303 e. The molecule has 2 aliphatic carbocycles. The van der Waals surface area contributed by atoms with Crippen molar-refractivity contribution in [2.75, 3.05) is 0 Å². The monoisotopic (exact) mass is 348 g/mol. The van der Waals surface area contributed by atoms with E-state index in [-0.39, 0.29) is 30.0 Å². The van der Waals surface area contributed by atoms with E-state index in [0.29, 0.717) is 25.2 Å². The zero-order valence-corrected chi connectivity index (χ0v) is 15.3. The Bertz CT molecular complexity index is 522. The van der Waals surface area contributed by atoms with Gasteiger partial charge in [0.05, 0.1) is 6.10 Å².